The van der Waals surface area contributed by atoms with Crippen molar-refractivity contribution < 1.29 is 9.53 Å². The van der Waals surface area contributed by atoms with Crippen LogP contribution in [0.5, 0.6) is 5.75 Å². The smallest absolute Gasteiger partial charge is 0.143 e. The van der Waals surface area contributed by atoms with Gasteiger partial charge in [-0.15, -0.1) is 0 Å². The van der Waals surface area contributed by atoms with Gasteiger partial charge in [0.25, 0.3) is 0 Å². The summed E-state index contributed by atoms with van der Waals surface area (Å²) in [7, 11) is 1.63. The van der Waals surface area contributed by atoms with E-state index in [2.05, 4.69) is 18.9 Å². The number of ether oxygens (including phenoxy) is 1. The second-order valence-electron chi connectivity index (χ2n) is 5.28. The number of hydrogen-bond donors (Lipinski definition) is 0. The highest BCUT2D eigenvalue weighted by Gasteiger charge is 2.10. The van der Waals surface area contributed by atoms with Crippen LogP contribution in [0.3, 0.4) is 0 Å². The molecule has 0 saturated heterocycles. The van der Waals surface area contributed by atoms with Crippen LogP contribution in [0.15, 0.2) is 36.5 Å². The van der Waals surface area contributed by atoms with Gasteiger partial charge in [-0.1, -0.05) is 19.1 Å². The Morgan fingerprint density at radius 2 is 1.95 bits per heavy atom. The van der Waals surface area contributed by atoms with E-state index in [-0.39, 0.29) is 5.78 Å². The van der Waals surface area contributed by atoms with Crippen molar-refractivity contribution in [3.63, 3.8) is 0 Å². The number of methoxy groups -OCH3 is 1. The average molecular weight is 286 g/mol. The van der Waals surface area contributed by atoms with E-state index in [1.165, 1.54) is 0 Å². The third-order valence-corrected chi connectivity index (χ3v) is 3.64. The van der Waals surface area contributed by atoms with Gasteiger partial charge in [0.15, 0.2) is 0 Å². The predicted molar refractivity (Wildman–Crippen MR) is 82.6 cm³/mol. The summed E-state index contributed by atoms with van der Waals surface area (Å²) in [5.74, 6) is 0.980. The van der Waals surface area contributed by atoms with Gasteiger partial charge >= 0.3 is 0 Å². The number of aromatic nitrogens is 2. The van der Waals surface area contributed by atoms with Crippen LogP contribution in [-0.4, -0.2) is 22.7 Å². The van der Waals surface area contributed by atoms with E-state index in [1.807, 2.05) is 41.2 Å². The number of ketones is 1. The third kappa shape index (κ3) is 4.18. The molecule has 0 spiro atoms. The molecule has 21 heavy (non-hydrogen) atoms. The minimum atomic E-state index is 0.176. The van der Waals surface area contributed by atoms with Crippen molar-refractivity contribution in [1.29, 1.82) is 0 Å². The van der Waals surface area contributed by atoms with Crippen molar-refractivity contribution in [1.82, 2.24) is 9.78 Å². The minimum absolute atomic E-state index is 0.176. The number of carbonyl (C=O) groups excluding carboxylic acids is 1. The zero-order chi connectivity index (χ0) is 15.2. The number of rotatable bonds is 7. The highest BCUT2D eigenvalue weighted by atomic mass is 16.5. The molecule has 0 radical (unpaired) electrons. The lowest BCUT2D eigenvalue weighted by Gasteiger charge is -2.08. The first-order valence-corrected chi connectivity index (χ1v) is 7.31. The van der Waals surface area contributed by atoms with E-state index in [0.29, 0.717) is 18.9 Å². The van der Waals surface area contributed by atoms with Crippen LogP contribution in [0.4, 0.5) is 0 Å². The number of hydrogen-bond acceptors (Lipinski definition) is 3. The first-order valence-electron chi connectivity index (χ1n) is 7.31. The maximum atomic E-state index is 12.1. The van der Waals surface area contributed by atoms with Crippen LogP contribution in [-0.2, 0) is 17.6 Å². The van der Waals surface area contributed by atoms with Gasteiger partial charge in [-0.2, -0.15) is 5.10 Å². The van der Waals surface area contributed by atoms with Crippen molar-refractivity contribution in [2.75, 3.05) is 7.11 Å². The van der Waals surface area contributed by atoms with Gasteiger partial charge in [0, 0.05) is 18.7 Å². The summed E-state index contributed by atoms with van der Waals surface area (Å²) in [5, 5.41) is 4.47. The maximum absolute atomic E-state index is 12.1. The SMILES string of the molecule is CCC(C)n1ccc(CC(=O)Cc2ccc(OC)cc2)n1. The van der Waals surface area contributed by atoms with Crippen LogP contribution in [0, 0.1) is 0 Å². The lowest BCUT2D eigenvalue weighted by atomic mass is 10.1. The van der Waals surface area contributed by atoms with Gasteiger partial charge in [-0.3, -0.25) is 9.48 Å². The molecule has 1 heterocycles. The normalized spacial score (nSPS) is 12.1. The Bertz CT molecular complexity index is 587. The molecule has 1 unspecified atom stereocenters. The number of benzene rings is 1. The molecular formula is C17H22N2O2. The van der Waals surface area contributed by atoms with Gasteiger partial charge in [0.05, 0.1) is 19.2 Å². The van der Waals surface area contributed by atoms with Gasteiger partial charge in [-0.25, -0.2) is 0 Å². The standard InChI is InChI=1S/C17H22N2O2/c1-4-13(2)19-10-9-15(18-19)12-16(20)11-14-5-7-17(21-3)8-6-14/h5-10,13H,4,11-12H2,1-3H3. The zero-order valence-corrected chi connectivity index (χ0v) is 12.9. The largest absolute Gasteiger partial charge is 0.497 e. The fraction of sp³-hybridized carbons (Fsp3) is 0.412. The summed E-state index contributed by atoms with van der Waals surface area (Å²) in [6.45, 7) is 4.25. The lowest BCUT2D eigenvalue weighted by Crippen LogP contribution is -2.09. The Balaban J connectivity index is 1.93. The van der Waals surface area contributed by atoms with Crippen LogP contribution in [0.25, 0.3) is 0 Å². The molecule has 0 fully saturated rings. The molecule has 1 aromatic heterocycles. The van der Waals surface area contributed by atoms with E-state index < -0.39 is 0 Å². The van der Waals surface area contributed by atoms with E-state index in [1.54, 1.807) is 7.11 Å². The topological polar surface area (TPSA) is 44.1 Å². The molecule has 4 heteroatoms. The van der Waals surface area contributed by atoms with E-state index >= 15 is 0 Å². The van der Waals surface area contributed by atoms with Crippen LogP contribution in [0.2, 0.25) is 0 Å². The summed E-state index contributed by atoms with van der Waals surface area (Å²) in [4.78, 5) is 12.1. The van der Waals surface area contributed by atoms with Crippen LogP contribution in [0.1, 0.15) is 37.6 Å². The molecule has 0 aliphatic heterocycles. The summed E-state index contributed by atoms with van der Waals surface area (Å²) >= 11 is 0. The molecule has 0 bridgehead atoms. The fourth-order valence-electron chi connectivity index (χ4n) is 2.14. The molecule has 0 N–H and O–H groups in total. The molecule has 2 rings (SSSR count). The lowest BCUT2D eigenvalue weighted by molar-refractivity contribution is -0.117. The van der Waals surface area contributed by atoms with Gasteiger partial charge in [-0.05, 0) is 37.1 Å². The third-order valence-electron chi connectivity index (χ3n) is 3.64. The average Bonchev–Trinajstić information content (AvgIpc) is 2.95. The molecule has 4 nitrogen and oxygen atoms in total. The van der Waals surface area contributed by atoms with Crippen molar-refractivity contribution in [2.45, 2.75) is 39.2 Å². The molecule has 0 aliphatic rings. The molecule has 0 aliphatic carbocycles. The highest BCUT2D eigenvalue weighted by molar-refractivity contribution is 5.82. The molecular weight excluding hydrogens is 264 g/mol. The van der Waals surface area contributed by atoms with Crippen molar-refractivity contribution >= 4 is 5.78 Å². The van der Waals surface area contributed by atoms with E-state index in [9.17, 15) is 4.79 Å². The fourth-order valence-corrected chi connectivity index (χ4v) is 2.14. The summed E-state index contributed by atoms with van der Waals surface area (Å²) in [6.07, 6.45) is 3.79. The molecule has 1 aromatic carbocycles. The molecule has 0 amide bonds. The van der Waals surface area contributed by atoms with Crippen LogP contribution < -0.4 is 4.74 Å². The quantitative estimate of drug-likeness (QED) is 0.785. The Labute approximate surface area is 125 Å². The number of Topliss-reactive ketones (excluding diaryl/α,β-unsaturated/α-hetero) is 1. The van der Waals surface area contributed by atoms with Gasteiger partial charge in [0.1, 0.15) is 11.5 Å². The molecule has 1 atom stereocenters. The summed E-state index contributed by atoms with van der Waals surface area (Å²) in [6, 6.07) is 9.90. The molecule has 112 valence electrons. The van der Waals surface area contributed by atoms with Gasteiger partial charge < -0.3 is 4.74 Å². The van der Waals surface area contributed by atoms with E-state index in [4.69, 9.17) is 4.74 Å². The molecule has 0 saturated carbocycles. The second kappa shape index (κ2) is 7.07. The maximum Gasteiger partial charge on any atom is 0.143 e. The summed E-state index contributed by atoms with van der Waals surface area (Å²) in [5.41, 5.74) is 1.84. The van der Waals surface area contributed by atoms with Crippen molar-refractivity contribution in [3.05, 3.63) is 47.8 Å². The number of carbonyl (C=O) groups is 1. The Morgan fingerprint density at radius 3 is 2.57 bits per heavy atom. The van der Waals surface area contributed by atoms with Gasteiger partial charge in [0.2, 0.25) is 0 Å². The monoisotopic (exact) mass is 286 g/mol. The number of nitrogens with zero attached hydrogens (tertiary/aromatic N) is 2. The predicted octanol–water partition coefficient (Wildman–Crippen LogP) is 3.22. The van der Waals surface area contributed by atoms with Crippen LogP contribution >= 0.6 is 0 Å². The Morgan fingerprint density at radius 1 is 1.24 bits per heavy atom. The molecule has 2 aromatic rings. The summed E-state index contributed by atoms with van der Waals surface area (Å²) < 4.78 is 7.03. The Hall–Kier alpha value is -2.10. The minimum Gasteiger partial charge on any atom is -0.497 e. The van der Waals surface area contributed by atoms with E-state index in [0.717, 1.165) is 23.4 Å². The van der Waals surface area contributed by atoms with Crippen molar-refractivity contribution in [2.24, 2.45) is 0 Å². The Kier molecular flexibility index (Phi) is 5.14. The van der Waals surface area contributed by atoms with Crippen molar-refractivity contribution in [3.8, 4) is 5.75 Å². The highest BCUT2D eigenvalue weighted by Crippen LogP contribution is 2.13. The first-order chi connectivity index (χ1) is 10.1. The first kappa shape index (κ1) is 15.3. The second-order valence-corrected chi connectivity index (χ2v) is 5.28. The zero-order valence-electron chi connectivity index (χ0n) is 12.9.